The van der Waals surface area contributed by atoms with Crippen LogP contribution in [0.4, 0.5) is 0 Å². The van der Waals surface area contributed by atoms with Crippen LogP contribution in [-0.2, 0) is 22.5 Å². The van der Waals surface area contributed by atoms with Gasteiger partial charge in [0.25, 0.3) is 0 Å². The van der Waals surface area contributed by atoms with Crippen LogP contribution in [0.3, 0.4) is 0 Å². The van der Waals surface area contributed by atoms with Crippen molar-refractivity contribution in [1.29, 1.82) is 0 Å². The molecule has 0 bridgehead atoms. The Morgan fingerprint density at radius 2 is 1.94 bits per heavy atom. The number of methoxy groups -OCH3 is 1. The van der Waals surface area contributed by atoms with Crippen LogP contribution in [-0.4, -0.2) is 26.2 Å². The van der Waals surface area contributed by atoms with Gasteiger partial charge < -0.3 is 15.8 Å². The zero-order chi connectivity index (χ0) is 13.2. The van der Waals surface area contributed by atoms with Gasteiger partial charge in [0.15, 0.2) is 0 Å². The van der Waals surface area contributed by atoms with Crippen LogP contribution in [0.1, 0.15) is 24.0 Å². The number of nitrogens with two attached hydrogens (primary N) is 1. The zero-order valence-corrected chi connectivity index (χ0v) is 10.9. The summed E-state index contributed by atoms with van der Waals surface area (Å²) < 4.78 is 4.90. The Kier molecular flexibility index (Phi) is 7.06. The van der Waals surface area contributed by atoms with Crippen LogP contribution in [0.25, 0.3) is 0 Å². The number of rotatable bonds is 8. The topological polar surface area (TPSA) is 64.3 Å². The maximum Gasteiger partial charge on any atom is 0.220 e. The molecule has 18 heavy (non-hydrogen) atoms. The van der Waals surface area contributed by atoms with Crippen molar-refractivity contribution in [3.05, 3.63) is 35.4 Å². The summed E-state index contributed by atoms with van der Waals surface area (Å²) >= 11 is 0. The molecule has 1 aromatic rings. The molecule has 3 N–H and O–H groups in total. The van der Waals surface area contributed by atoms with Gasteiger partial charge in [0.1, 0.15) is 0 Å². The van der Waals surface area contributed by atoms with Crippen LogP contribution in [0.15, 0.2) is 24.3 Å². The highest BCUT2D eigenvalue weighted by Crippen LogP contribution is 2.04. The Morgan fingerprint density at radius 1 is 1.28 bits per heavy atom. The summed E-state index contributed by atoms with van der Waals surface area (Å²) in [4.78, 5) is 11.5. The number of carbonyl (C=O) groups excluding carboxylic acids is 1. The van der Waals surface area contributed by atoms with Gasteiger partial charge in [-0.2, -0.15) is 0 Å². The van der Waals surface area contributed by atoms with Crippen molar-refractivity contribution >= 4 is 5.91 Å². The molecule has 0 atom stereocenters. The Balaban J connectivity index is 2.27. The van der Waals surface area contributed by atoms with Crippen molar-refractivity contribution in [3.63, 3.8) is 0 Å². The number of ether oxygens (including phenoxy) is 1. The molecule has 0 aromatic heterocycles. The molecule has 4 nitrogen and oxygen atoms in total. The van der Waals surface area contributed by atoms with Crippen molar-refractivity contribution in [2.24, 2.45) is 5.73 Å². The van der Waals surface area contributed by atoms with E-state index >= 15 is 0 Å². The molecule has 1 amide bonds. The van der Waals surface area contributed by atoms with Crippen molar-refractivity contribution in [2.45, 2.75) is 25.8 Å². The quantitative estimate of drug-likeness (QED) is 0.682. The van der Waals surface area contributed by atoms with E-state index in [-0.39, 0.29) is 5.91 Å². The lowest BCUT2D eigenvalue weighted by atomic mass is 10.1. The van der Waals surface area contributed by atoms with Gasteiger partial charge in [-0.3, -0.25) is 4.79 Å². The van der Waals surface area contributed by atoms with E-state index in [1.165, 1.54) is 5.56 Å². The van der Waals surface area contributed by atoms with Crippen molar-refractivity contribution in [2.75, 3.05) is 20.3 Å². The first-order chi connectivity index (χ1) is 8.76. The third kappa shape index (κ3) is 5.80. The Morgan fingerprint density at radius 3 is 2.56 bits per heavy atom. The minimum atomic E-state index is 0.0677. The van der Waals surface area contributed by atoms with Crippen LogP contribution in [0.2, 0.25) is 0 Å². The lowest BCUT2D eigenvalue weighted by molar-refractivity contribution is -0.121. The van der Waals surface area contributed by atoms with Gasteiger partial charge in [-0.15, -0.1) is 0 Å². The van der Waals surface area contributed by atoms with Crippen LogP contribution < -0.4 is 11.1 Å². The lowest BCUT2D eigenvalue weighted by Gasteiger charge is -2.06. The summed E-state index contributed by atoms with van der Waals surface area (Å²) in [6.45, 7) is 1.87. The van der Waals surface area contributed by atoms with Gasteiger partial charge in [0.05, 0.1) is 0 Å². The fraction of sp³-hybridized carbons (Fsp3) is 0.500. The van der Waals surface area contributed by atoms with E-state index in [4.69, 9.17) is 10.5 Å². The predicted octanol–water partition coefficient (Wildman–Crippen LogP) is 1.23. The highest BCUT2D eigenvalue weighted by Gasteiger charge is 2.01. The van der Waals surface area contributed by atoms with Gasteiger partial charge in [-0.25, -0.2) is 0 Å². The fourth-order valence-corrected chi connectivity index (χ4v) is 1.66. The molecule has 0 heterocycles. The molecule has 0 saturated heterocycles. The third-order valence-electron chi connectivity index (χ3n) is 2.70. The summed E-state index contributed by atoms with van der Waals surface area (Å²) in [6, 6.07) is 8.17. The average molecular weight is 250 g/mol. The second kappa shape index (κ2) is 8.66. The Bertz CT molecular complexity index is 349. The van der Waals surface area contributed by atoms with Gasteiger partial charge in [-0.1, -0.05) is 24.3 Å². The number of amides is 1. The maximum atomic E-state index is 11.5. The van der Waals surface area contributed by atoms with Gasteiger partial charge in [0.2, 0.25) is 5.91 Å². The third-order valence-corrected chi connectivity index (χ3v) is 2.70. The molecule has 0 fully saturated rings. The highest BCUT2D eigenvalue weighted by atomic mass is 16.5. The second-order valence-electron chi connectivity index (χ2n) is 4.23. The molecule has 0 saturated carbocycles. The van der Waals surface area contributed by atoms with E-state index in [9.17, 15) is 4.79 Å². The van der Waals surface area contributed by atoms with Gasteiger partial charge in [-0.05, 0) is 30.5 Å². The van der Waals surface area contributed by atoms with Gasteiger partial charge in [0, 0.05) is 26.7 Å². The van der Waals surface area contributed by atoms with E-state index in [1.54, 1.807) is 7.11 Å². The standard InChI is InChI=1S/C14H22N2O2/c1-18-10-2-3-14(17)16-11-13-6-4-12(5-7-13)8-9-15/h4-7H,2-3,8-11,15H2,1H3,(H,16,17). The summed E-state index contributed by atoms with van der Waals surface area (Å²) in [5.41, 5.74) is 7.82. The van der Waals surface area contributed by atoms with E-state index in [2.05, 4.69) is 17.4 Å². The Hall–Kier alpha value is -1.39. The number of carbonyl (C=O) groups is 1. The predicted molar refractivity (Wildman–Crippen MR) is 72.2 cm³/mol. The fourth-order valence-electron chi connectivity index (χ4n) is 1.66. The summed E-state index contributed by atoms with van der Waals surface area (Å²) in [5.74, 6) is 0.0677. The molecule has 0 aliphatic heterocycles. The molecule has 0 aliphatic rings. The molecule has 1 rings (SSSR count). The minimum absolute atomic E-state index is 0.0677. The van der Waals surface area contributed by atoms with Crippen LogP contribution in [0, 0.1) is 0 Å². The first kappa shape index (κ1) is 14.7. The number of nitrogens with one attached hydrogen (secondary N) is 1. The highest BCUT2D eigenvalue weighted by molar-refractivity contribution is 5.75. The summed E-state index contributed by atoms with van der Waals surface area (Å²) in [5, 5.41) is 2.89. The smallest absolute Gasteiger partial charge is 0.220 e. The largest absolute Gasteiger partial charge is 0.385 e. The monoisotopic (exact) mass is 250 g/mol. The van der Waals surface area contributed by atoms with Crippen molar-refractivity contribution < 1.29 is 9.53 Å². The van der Waals surface area contributed by atoms with E-state index in [0.717, 1.165) is 18.4 Å². The normalized spacial score (nSPS) is 10.3. The minimum Gasteiger partial charge on any atom is -0.385 e. The molecule has 0 unspecified atom stereocenters. The molecular weight excluding hydrogens is 228 g/mol. The molecule has 0 spiro atoms. The molecular formula is C14H22N2O2. The van der Waals surface area contributed by atoms with E-state index < -0.39 is 0 Å². The average Bonchev–Trinajstić information content (AvgIpc) is 2.39. The van der Waals surface area contributed by atoms with Crippen LogP contribution >= 0.6 is 0 Å². The van der Waals surface area contributed by atoms with Crippen molar-refractivity contribution in [3.8, 4) is 0 Å². The number of hydrogen-bond donors (Lipinski definition) is 2. The van der Waals surface area contributed by atoms with E-state index in [0.29, 0.717) is 26.1 Å². The first-order valence-corrected chi connectivity index (χ1v) is 6.29. The SMILES string of the molecule is COCCCC(=O)NCc1ccc(CCN)cc1. The second-order valence-corrected chi connectivity index (χ2v) is 4.23. The molecule has 4 heteroatoms. The summed E-state index contributed by atoms with van der Waals surface area (Å²) in [6.07, 6.45) is 2.17. The zero-order valence-electron chi connectivity index (χ0n) is 10.9. The molecule has 0 radical (unpaired) electrons. The lowest BCUT2D eigenvalue weighted by Crippen LogP contribution is -2.22. The van der Waals surface area contributed by atoms with E-state index in [1.807, 2.05) is 12.1 Å². The first-order valence-electron chi connectivity index (χ1n) is 6.29. The Labute approximate surface area is 109 Å². The number of hydrogen-bond acceptors (Lipinski definition) is 3. The number of benzene rings is 1. The maximum absolute atomic E-state index is 11.5. The van der Waals surface area contributed by atoms with Crippen LogP contribution in [0.5, 0.6) is 0 Å². The van der Waals surface area contributed by atoms with Crippen molar-refractivity contribution in [1.82, 2.24) is 5.32 Å². The summed E-state index contributed by atoms with van der Waals surface area (Å²) in [7, 11) is 1.64. The molecule has 0 aliphatic carbocycles. The van der Waals surface area contributed by atoms with Gasteiger partial charge >= 0.3 is 0 Å². The molecule has 1 aromatic carbocycles. The molecule has 100 valence electrons.